The van der Waals surface area contributed by atoms with E-state index in [2.05, 4.69) is 34.5 Å². The van der Waals surface area contributed by atoms with Gasteiger partial charge in [-0.3, -0.25) is 5.10 Å². The third kappa shape index (κ3) is 1.28. The van der Waals surface area contributed by atoms with Crippen molar-refractivity contribution in [1.82, 2.24) is 10.2 Å². The van der Waals surface area contributed by atoms with Crippen LogP contribution in [-0.2, 0) is 0 Å². The van der Waals surface area contributed by atoms with Crippen LogP contribution in [0.25, 0.3) is 11.1 Å². The van der Waals surface area contributed by atoms with Crippen LogP contribution in [0.5, 0.6) is 0 Å². The Hall–Kier alpha value is -1.77. The predicted molar refractivity (Wildman–Crippen MR) is 79.0 cm³/mol. The highest BCUT2D eigenvalue weighted by Gasteiger charge is 2.66. The summed E-state index contributed by atoms with van der Waals surface area (Å²) in [5.41, 5.74) is 9.79. The van der Waals surface area contributed by atoms with E-state index in [1.807, 2.05) is 6.07 Å². The molecule has 1 heterocycles. The van der Waals surface area contributed by atoms with E-state index in [4.69, 9.17) is 5.73 Å². The van der Waals surface area contributed by atoms with Crippen molar-refractivity contribution in [2.75, 3.05) is 5.73 Å². The summed E-state index contributed by atoms with van der Waals surface area (Å²) in [4.78, 5) is 0. The molecule has 3 nitrogen and oxygen atoms in total. The second-order valence-electron chi connectivity index (χ2n) is 6.78. The van der Waals surface area contributed by atoms with Gasteiger partial charge < -0.3 is 5.73 Å². The fourth-order valence-electron chi connectivity index (χ4n) is 5.23. The molecule has 102 valence electrons. The average molecular weight is 265 g/mol. The molecule has 1 aromatic carbocycles. The van der Waals surface area contributed by atoms with E-state index in [0.717, 1.165) is 29.2 Å². The largest absolute Gasteiger partial charge is 0.382 e. The minimum atomic E-state index is 0.656. The van der Waals surface area contributed by atoms with Gasteiger partial charge in [0.05, 0.1) is 0 Å². The zero-order valence-corrected chi connectivity index (χ0v) is 11.4. The number of nitrogens with one attached hydrogen (secondary N) is 1. The molecule has 3 aliphatic rings. The third-order valence-corrected chi connectivity index (χ3v) is 5.95. The summed E-state index contributed by atoms with van der Waals surface area (Å²) in [5.74, 6) is 5.13. The van der Waals surface area contributed by atoms with Gasteiger partial charge in [0.1, 0.15) is 0 Å². The van der Waals surface area contributed by atoms with Gasteiger partial charge in [-0.05, 0) is 48.5 Å². The molecule has 2 aromatic rings. The number of H-pyrrole nitrogens is 1. The van der Waals surface area contributed by atoms with Crippen molar-refractivity contribution in [2.24, 2.45) is 23.7 Å². The van der Waals surface area contributed by atoms with Crippen LogP contribution in [0, 0.1) is 23.7 Å². The van der Waals surface area contributed by atoms with Crippen LogP contribution < -0.4 is 5.73 Å². The highest BCUT2D eigenvalue weighted by molar-refractivity contribution is 5.77. The van der Waals surface area contributed by atoms with Gasteiger partial charge in [-0.1, -0.05) is 30.3 Å². The molecule has 5 rings (SSSR count). The van der Waals surface area contributed by atoms with Gasteiger partial charge in [-0.25, -0.2) is 0 Å². The summed E-state index contributed by atoms with van der Waals surface area (Å²) in [6.45, 7) is 0. The standard InChI is InChI=1S/C17H19N3/c18-17-14(9-4-2-1-3-5-9)16(19-20-17)15-12-10-6-7-11(8-10)13(12)15/h1-5,10-13,15H,6-8H2,(H3,18,19,20). The minimum Gasteiger partial charge on any atom is -0.382 e. The number of nitrogens with two attached hydrogens (primary N) is 1. The molecule has 4 atom stereocenters. The Morgan fingerprint density at radius 1 is 1.05 bits per heavy atom. The van der Waals surface area contributed by atoms with Crippen LogP contribution in [0.1, 0.15) is 30.9 Å². The summed E-state index contributed by atoms with van der Waals surface area (Å²) >= 11 is 0. The molecule has 3 N–H and O–H groups in total. The molecule has 0 radical (unpaired) electrons. The lowest BCUT2D eigenvalue weighted by Crippen LogP contribution is -1.99. The van der Waals surface area contributed by atoms with Crippen LogP contribution >= 0.6 is 0 Å². The van der Waals surface area contributed by atoms with Crippen molar-refractivity contribution in [3.8, 4) is 11.1 Å². The number of aromatic nitrogens is 2. The number of rotatable bonds is 2. The lowest BCUT2D eigenvalue weighted by atomic mass is 9.96. The summed E-state index contributed by atoms with van der Waals surface area (Å²) in [6.07, 6.45) is 4.38. The number of aromatic amines is 1. The van der Waals surface area contributed by atoms with Gasteiger partial charge in [-0.15, -0.1) is 0 Å². The number of benzene rings is 1. The zero-order chi connectivity index (χ0) is 13.3. The maximum atomic E-state index is 6.13. The van der Waals surface area contributed by atoms with Crippen molar-refractivity contribution in [3.05, 3.63) is 36.0 Å². The van der Waals surface area contributed by atoms with Crippen LogP contribution in [0.3, 0.4) is 0 Å². The topological polar surface area (TPSA) is 54.7 Å². The van der Waals surface area contributed by atoms with Gasteiger partial charge in [0.25, 0.3) is 0 Å². The van der Waals surface area contributed by atoms with Crippen LogP contribution in [0.2, 0.25) is 0 Å². The Labute approximate surface area is 118 Å². The quantitative estimate of drug-likeness (QED) is 0.874. The molecule has 3 aliphatic carbocycles. The number of nitrogen functional groups attached to an aromatic ring is 1. The van der Waals surface area contributed by atoms with E-state index in [9.17, 15) is 0 Å². The molecule has 3 fully saturated rings. The first-order chi connectivity index (χ1) is 9.84. The first-order valence-electron chi connectivity index (χ1n) is 7.73. The Morgan fingerprint density at radius 2 is 1.75 bits per heavy atom. The zero-order valence-electron chi connectivity index (χ0n) is 11.4. The maximum Gasteiger partial charge on any atom is 0.153 e. The molecule has 0 spiro atoms. The Bertz CT molecular complexity index is 644. The molecular weight excluding hydrogens is 246 g/mol. The van der Waals surface area contributed by atoms with Gasteiger partial charge in [0, 0.05) is 17.2 Å². The second-order valence-corrected chi connectivity index (χ2v) is 6.78. The molecule has 20 heavy (non-hydrogen) atoms. The van der Waals surface area contributed by atoms with E-state index in [-0.39, 0.29) is 0 Å². The van der Waals surface area contributed by atoms with E-state index >= 15 is 0 Å². The first kappa shape index (κ1) is 11.0. The van der Waals surface area contributed by atoms with Crippen molar-refractivity contribution >= 4 is 5.82 Å². The van der Waals surface area contributed by atoms with Crippen molar-refractivity contribution in [1.29, 1.82) is 0 Å². The number of nitrogens with zero attached hydrogens (tertiary/aromatic N) is 1. The fraction of sp³-hybridized carbons (Fsp3) is 0.471. The first-order valence-corrected chi connectivity index (χ1v) is 7.73. The average Bonchev–Trinajstić information content (AvgIpc) is 2.80. The Kier molecular flexibility index (Phi) is 2.00. The monoisotopic (exact) mass is 265 g/mol. The molecule has 4 unspecified atom stereocenters. The highest BCUT2D eigenvalue weighted by atomic mass is 15.2. The van der Waals surface area contributed by atoms with Crippen molar-refractivity contribution < 1.29 is 0 Å². The number of anilines is 1. The van der Waals surface area contributed by atoms with Gasteiger partial charge in [0.2, 0.25) is 0 Å². The number of hydrogen-bond donors (Lipinski definition) is 2. The lowest BCUT2D eigenvalue weighted by Gasteiger charge is -2.09. The molecule has 0 aliphatic heterocycles. The molecule has 3 saturated carbocycles. The SMILES string of the molecule is Nc1n[nH]c(C2C3C4CCC(C4)C23)c1-c1ccccc1. The summed E-state index contributed by atoms with van der Waals surface area (Å²) in [5, 5.41) is 7.56. The third-order valence-electron chi connectivity index (χ3n) is 5.95. The van der Waals surface area contributed by atoms with Gasteiger partial charge in [0.15, 0.2) is 5.82 Å². The van der Waals surface area contributed by atoms with E-state index < -0.39 is 0 Å². The summed E-state index contributed by atoms with van der Waals surface area (Å²) < 4.78 is 0. The maximum absolute atomic E-state index is 6.13. The molecule has 2 bridgehead atoms. The van der Waals surface area contributed by atoms with Crippen LogP contribution in [-0.4, -0.2) is 10.2 Å². The molecule has 3 heteroatoms. The molecule has 0 amide bonds. The molecule has 0 saturated heterocycles. The summed E-state index contributed by atoms with van der Waals surface area (Å²) in [6, 6.07) is 10.5. The molecular formula is C17H19N3. The van der Waals surface area contributed by atoms with E-state index in [0.29, 0.717) is 11.7 Å². The highest BCUT2D eigenvalue weighted by Crippen LogP contribution is 2.73. The van der Waals surface area contributed by atoms with Crippen molar-refractivity contribution in [2.45, 2.75) is 25.2 Å². The smallest absolute Gasteiger partial charge is 0.153 e. The fourth-order valence-corrected chi connectivity index (χ4v) is 5.23. The van der Waals surface area contributed by atoms with Crippen LogP contribution in [0.15, 0.2) is 30.3 Å². The van der Waals surface area contributed by atoms with Crippen molar-refractivity contribution in [3.63, 3.8) is 0 Å². The number of hydrogen-bond acceptors (Lipinski definition) is 2. The van der Waals surface area contributed by atoms with Gasteiger partial charge in [-0.2, -0.15) is 5.10 Å². The summed E-state index contributed by atoms with van der Waals surface area (Å²) in [7, 11) is 0. The number of fused-ring (bicyclic) bond motifs is 5. The van der Waals surface area contributed by atoms with Gasteiger partial charge >= 0.3 is 0 Å². The Balaban J connectivity index is 1.58. The minimum absolute atomic E-state index is 0.656. The second kappa shape index (κ2) is 3.66. The Morgan fingerprint density at radius 3 is 2.45 bits per heavy atom. The lowest BCUT2D eigenvalue weighted by molar-refractivity contribution is 0.456. The van der Waals surface area contributed by atoms with E-state index in [1.54, 1.807) is 0 Å². The molecule has 1 aromatic heterocycles. The van der Waals surface area contributed by atoms with E-state index in [1.165, 1.54) is 30.5 Å². The predicted octanol–water partition coefficient (Wildman–Crippen LogP) is 3.42. The van der Waals surface area contributed by atoms with Crippen LogP contribution in [0.4, 0.5) is 5.82 Å². The normalized spacial score (nSPS) is 37.1.